The van der Waals surface area contributed by atoms with Crippen molar-refractivity contribution < 1.29 is 27.1 Å². The predicted octanol–water partition coefficient (Wildman–Crippen LogP) is 4.08. The number of aromatic amines is 1. The van der Waals surface area contributed by atoms with Crippen LogP contribution >= 0.6 is 11.6 Å². The summed E-state index contributed by atoms with van der Waals surface area (Å²) in [5, 5.41) is -0.709. The second-order valence-corrected chi connectivity index (χ2v) is 7.24. The number of carbonyl (C=O) groups is 1. The Morgan fingerprint density at radius 2 is 1.67 bits per heavy atom. The number of ether oxygens (including phenoxy) is 1. The smallest absolute Gasteiger partial charge is 0.256 e. The molecule has 10 heteroatoms. The normalized spacial score (nSPS) is 15.9. The van der Waals surface area contributed by atoms with E-state index in [4.69, 9.17) is 16.3 Å². The molecule has 30 heavy (non-hydrogen) atoms. The lowest BCUT2D eigenvalue weighted by Crippen LogP contribution is -2.37. The number of hydrogen-bond acceptors (Lipinski definition) is 3. The average molecular weight is 441 g/mol. The van der Waals surface area contributed by atoms with Crippen LogP contribution in [-0.2, 0) is 11.3 Å². The highest BCUT2D eigenvalue weighted by molar-refractivity contribution is 6.31. The highest BCUT2D eigenvalue weighted by Gasteiger charge is 2.32. The summed E-state index contributed by atoms with van der Waals surface area (Å²) in [6.07, 6.45) is 0. The molecule has 1 aliphatic rings. The number of pyridine rings is 1. The van der Waals surface area contributed by atoms with Gasteiger partial charge in [-0.2, -0.15) is 0 Å². The summed E-state index contributed by atoms with van der Waals surface area (Å²) in [5.74, 6) is -5.29. The number of carbonyl (C=O) groups excluding carboxylic acids is 1. The summed E-state index contributed by atoms with van der Waals surface area (Å²) in [6, 6.07) is 2.43. The molecule has 1 aliphatic heterocycles. The van der Waals surface area contributed by atoms with E-state index in [9.17, 15) is 27.2 Å². The van der Waals surface area contributed by atoms with Gasteiger partial charge in [0.05, 0.1) is 24.6 Å². The third-order valence-electron chi connectivity index (χ3n) is 5.06. The van der Waals surface area contributed by atoms with Crippen molar-refractivity contribution in [3.8, 4) is 0 Å². The maximum atomic E-state index is 13.9. The van der Waals surface area contributed by atoms with E-state index in [0.29, 0.717) is 11.3 Å². The molecule has 1 amide bonds. The molecule has 0 bridgehead atoms. The SMILES string of the molecule is CN(C(=O)c1cc(F)c(Cl)c(F)c1)C1COCc2[nH]c(=O)c3cc(F)c(F)cc3c21. The molecule has 5 nitrogen and oxygen atoms in total. The minimum Gasteiger partial charge on any atom is -0.373 e. The molecule has 2 heterocycles. The van der Waals surface area contributed by atoms with Gasteiger partial charge in [0.25, 0.3) is 11.5 Å². The molecule has 3 aromatic rings. The lowest BCUT2D eigenvalue weighted by Gasteiger charge is -2.34. The standard InChI is InChI=1S/C20H13ClF4N2O3/c1-27(20(29)8-2-13(24)18(21)14(25)3-8)16-7-30-6-15-17(16)9-4-11(22)12(23)5-10(9)19(28)26-15/h2-5,16H,6-7H2,1H3,(H,26,28). The third-order valence-corrected chi connectivity index (χ3v) is 5.42. The number of likely N-dealkylation sites (N-methyl/N-ethyl adjacent to an activating group) is 1. The van der Waals surface area contributed by atoms with Gasteiger partial charge in [-0.3, -0.25) is 9.59 Å². The van der Waals surface area contributed by atoms with Gasteiger partial charge < -0.3 is 14.6 Å². The number of fused-ring (bicyclic) bond motifs is 3. The van der Waals surface area contributed by atoms with Crippen LogP contribution in [0.1, 0.15) is 27.7 Å². The number of nitrogens with zero attached hydrogens (tertiary/aromatic N) is 1. The van der Waals surface area contributed by atoms with Crippen LogP contribution in [0.4, 0.5) is 17.6 Å². The summed E-state index contributed by atoms with van der Waals surface area (Å²) < 4.78 is 60.6. The van der Waals surface area contributed by atoms with Gasteiger partial charge in [0.1, 0.15) is 16.7 Å². The molecule has 0 saturated heterocycles. The van der Waals surface area contributed by atoms with Gasteiger partial charge in [-0.05, 0) is 29.7 Å². The van der Waals surface area contributed by atoms with E-state index < -0.39 is 45.8 Å². The van der Waals surface area contributed by atoms with Gasteiger partial charge in [-0.15, -0.1) is 0 Å². The molecule has 2 aromatic carbocycles. The Hall–Kier alpha value is -2.91. The molecule has 0 aliphatic carbocycles. The van der Waals surface area contributed by atoms with Gasteiger partial charge in [-0.25, -0.2) is 17.6 Å². The van der Waals surface area contributed by atoms with Crippen molar-refractivity contribution in [1.29, 1.82) is 0 Å². The summed E-state index contributed by atoms with van der Waals surface area (Å²) in [7, 11) is 1.37. The van der Waals surface area contributed by atoms with E-state index in [0.717, 1.165) is 29.2 Å². The average Bonchev–Trinajstić information content (AvgIpc) is 2.71. The highest BCUT2D eigenvalue weighted by Crippen LogP contribution is 2.34. The predicted molar refractivity (Wildman–Crippen MR) is 100 cm³/mol. The van der Waals surface area contributed by atoms with E-state index >= 15 is 0 Å². The van der Waals surface area contributed by atoms with Crippen molar-refractivity contribution in [2.24, 2.45) is 0 Å². The first-order valence-electron chi connectivity index (χ1n) is 8.72. The number of rotatable bonds is 2. The lowest BCUT2D eigenvalue weighted by atomic mass is 9.95. The Kier molecular flexibility index (Phi) is 5.03. The quantitative estimate of drug-likeness (QED) is 0.482. The van der Waals surface area contributed by atoms with Crippen LogP contribution in [0.3, 0.4) is 0 Å². The maximum absolute atomic E-state index is 13.9. The minimum atomic E-state index is -1.19. The van der Waals surface area contributed by atoms with Crippen LogP contribution in [0.15, 0.2) is 29.1 Å². The molecule has 0 saturated carbocycles. The fourth-order valence-electron chi connectivity index (χ4n) is 3.57. The number of benzene rings is 2. The Bertz CT molecular complexity index is 1240. The number of amides is 1. The number of H-pyrrole nitrogens is 1. The van der Waals surface area contributed by atoms with Crippen LogP contribution in [-0.4, -0.2) is 29.4 Å². The molecule has 0 fully saturated rings. The largest absolute Gasteiger partial charge is 0.373 e. The summed E-state index contributed by atoms with van der Waals surface area (Å²) in [6.45, 7) is -0.0455. The third kappa shape index (κ3) is 3.23. The first-order chi connectivity index (χ1) is 14.2. The summed E-state index contributed by atoms with van der Waals surface area (Å²) in [4.78, 5) is 28.9. The molecule has 4 rings (SSSR count). The highest BCUT2D eigenvalue weighted by atomic mass is 35.5. The number of aromatic nitrogens is 1. The van der Waals surface area contributed by atoms with Gasteiger partial charge >= 0.3 is 0 Å². The molecular formula is C20H13ClF4N2O3. The van der Waals surface area contributed by atoms with Gasteiger partial charge in [0.15, 0.2) is 11.6 Å². The number of hydrogen-bond donors (Lipinski definition) is 1. The van der Waals surface area contributed by atoms with Crippen LogP contribution in [0.25, 0.3) is 10.8 Å². The van der Waals surface area contributed by atoms with Crippen LogP contribution < -0.4 is 5.56 Å². The second kappa shape index (κ2) is 7.41. The van der Waals surface area contributed by atoms with Crippen LogP contribution in [0, 0.1) is 23.3 Å². The van der Waals surface area contributed by atoms with E-state index in [1.807, 2.05) is 0 Å². The lowest BCUT2D eigenvalue weighted by molar-refractivity contribution is 0.0335. The minimum absolute atomic E-state index is 0.0117. The molecule has 1 unspecified atom stereocenters. The molecule has 0 radical (unpaired) electrons. The van der Waals surface area contributed by atoms with Crippen molar-refractivity contribution >= 4 is 28.3 Å². The van der Waals surface area contributed by atoms with Crippen molar-refractivity contribution in [2.75, 3.05) is 13.7 Å². The number of halogens is 5. The first-order valence-corrected chi connectivity index (χ1v) is 9.10. The van der Waals surface area contributed by atoms with E-state index in [1.54, 1.807) is 0 Å². The fourth-order valence-corrected chi connectivity index (χ4v) is 3.68. The molecule has 1 atom stereocenters. The first kappa shape index (κ1) is 20.4. The zero-order chi connectivity index (χ0) is 21.7. The zero-order valence-corrected chi connectivity index (χ0v) is 16.1. The fraction of sp³-hybridized carbons (Fsp3) is 0.200. The van der Waals surface area contributed by atoms with Crippen LogP contribution in [0.5, 0.6) is 0 Å². The topological polar surface area (TPSA) is 62.4 Å². The Labute approximate surface area is 171 Å². The maximum Gasteiger partial charge on any atom is 0.256 e. The summed E-state index contributed by atoms with van der Waals surface area (Å²) in [5.41, 5.74) is -0.277. The van der Waals surface area contributed by atoms with Crippen molar-refractivity contribution in [3.63, 3.8) is 0 Å². The molecular weight excluding hydrogens is 428 g/mol. The number of nitrogens with one attached hydrogen (secondary N) is 1. The van der Waals surface area contributed by atoms with E-state index in [1.165, 1.54) is 7.05 Å². The van der Waals surface area contributed by atoms with E-state index in [-0.39, 0.29) is 29.5 Å². The zero-order valence-electron chi connectivity index (χ0n) is 15.4. The van der Waals surface area contributed by atoms with E-state index in [2.05, 4.69) is 4.98 Å². The molecule has 1 aromatic heterocycles. The van der Waals surface area contributed by atoms with Crippen molar-refractivity contribution in [2.45, 2.75) is 12.6 Å². The molecule has 1 N–H and O–H groups in total. The van der Waals surface area contributed by atoms with Crippen LogP contribution in [0.2, 0.25) is 5.02 Å². The molecule has 0 spiro atoms. The summed E-state index contributed by atoms with van der Waals surface area (Å²) >= 11 is 5.46. The molecule has 156 valence electrons. The van der Waals surface area contributed by atoms with Gasteiger partial charge in [0, 0.05) is 23.9 Å². The van der Waals surface area contributed by atoms with Crippen molar-refractivity contribution in [3.05, 3.63) is 79.7 Å². The Balaban J connectivity index is 1.84. The Morgan fingerprint density at radius 3 is 2.30 bits per heavy atom. The Morgan fingerprint density at radius 1 is 1.07 bits per heavy atom. The van der Waals surface area contributed by atoms with Crippen molar-refractivity contribution in [1.82, 2.24) is 9.88 Å². The monoisotopic (exact) mass is 440 g/mol. The van der Waals surface area contributed by atoms with Gasteiger partial charge in [0.2, 0.25) is 0 Å². The van der Waals surface area contributed by atoms with Gasteiger partial charge in [-0.1, -0.05) is 11.6 Å². The second-order valence-electron chi connectivity index (χ2n) is 6.86.